The molecule has 1 atom stereocenters. The molecule has 0 aromatic heterocycles. The first-order valence-corrected chi connectivity index (χ1v) is 6.69. The largest absolute Gasteiger partial charge is 0.493 e. The monoisotopic (exact) mass is 322 g/mol. The summed E-state index contributed by atoms with van der Waals surface area (Å²) in [5.41, 5.74) is -0.243. The summed E-state index contributed by atoms with van der Waals surface area (Å²) in [4.78, 5) is 34.0. The van der Waals surface area contributed by atoms with E-state index in [0.717, 1.165) is 6.26 Å². The third-order valence-corrected chi connectivity index (χ3v) is 2.86. The van der Waals surface area contributed by atoms with Crippen LogP contribution in [0.25, 0.3) is 0 Å². The third-order valence-electron chi connectivity index (χ3n) is 2.86. The summed E-state index contributed by atoms with van der Waals surface area (Å²) in [5.74, 6) is -1.69. The number of hydrogen-bond acceptors (Lipinski definition) is 7. The molecule has 1 aromatic carbocycles. The molecule has 1 amide bonds. The zero-order valence-corrected chi connectivity index (χ0v) is 12.2. The predicted octanol–water partition coefficient (Wildman–Crippen LogP) is 1.35. The number of carbonyl (C=O) groups excluding carboxylic acids is 2. The number of nitro groups is 1. The summed E-state index contributed by atoms with van der Waals surface area (Å²) in [6, 6.07) is 5.65. The Bertz CT molecular complexity index is 656. The lowest BCUT2D eigenvalue weighted by Crippen LogP contribution is -2.31. The number of amides is 1. The molecule has 0 aliphatic carbocycles. The van der Waals surface area contributed by atoms with Crippen molar-refractivity contribution in [3.8, 4) is 0 Å². The van der Waals surface area contributed by atoms with Gasteiger partial charge in [-0.15, -0.1) is 0 Å². The van der Waals surface area contributed by atoms with E-state index in [1.807, 2.05) is 0 Å². The number of nitro benzene ring substituents is 1. The topological polar surface area (TPSA) is 117 Å². The molecule has 0 fully saturated rings. The molecule has 23 heavy (non-hydrogen) atoms. The average molecular weight is 322 g/mol. The van der Waals surface area contributed by atoms with E-state index in [-0.39, 0.29) is 23.7 Å². The summed E-state index contributed by atoms with van der Waals surface area (Å²) in [5, 5.41) is 13.2. The van der Waals surface area contributed by atoms with Crippen LogP contribution in [-0.2, 0) is 23.8 Å². The molecule has 9 heteroatoms. The van der Waals surface area contributed by atoms with E-state index < -0.39 is 22.9 Å². The van der Waals surface area contributed by atoms with Gasteiger partial charge in [-0.1, -0.05) is 12.1 Å². The van der Waals surface area contributed by atoms with Gasteiger partial charge >= 0.3 is 5.97 Å². The molecule has 1 aliphatic rings. The van der Waals surface area contributed by atoms with Crippen molar-refractivity contribution < 1.29 is 28.7 Å². The van der Waals surface area contributed by atoms with E-state index in [4.69, 9.17) is 14.2 Å². The Labute approximate surface area is 131 Å². The number of carbonyl (C=O) groups is 2. The molecule has 0 radical (unpaired) electrons. The zero-order chi connectivity index (χ0) is 16.8. The van der Waals surface area contributed by atoms with Gasteiger partial charge in [-0.2, -0.15) is 0 Å². The highest BCUT2D eigenvalue weighted by molar-refractivity contribution is 5.98. The first-order valence-electron chi connectivity index (χ1n) is 6.69. The number of esters is 1. The SMILES string of the molecule is C[C@H](OC(=O)C1=COCCO1)C(=O)Nc1ccccc1[N+](=O)[O-]. The highest BCUT2D eigenvalue weighted by atomic mass is 16.6. The van der Waals surface area contributed by atoms with Crippen molar-refractivity contribution in [2.45, 2.75) is 13.0 Å². The minimum Gasteiger partial charge on any atom is -0.493 e. The Hall–Kier alpha value is -3.10. The van der Waals surface area contributed by atoms with E-state index in [0.29, 0.717) is 6.61 Å². The normalized spacial score (nSPS) is 14.6. The smallest absolute Gasteiger partial charge is 0.377 e. The molecule has 122 valence electrons. The van der Waals surface area contributed by atoms with Gasteiger partial charge in [0.15, 0.2) is 6.10 Å². The second kappa shape index (κ2) is 7.25. The maximum atomic E-state index is 12.0. The van der Waals surface area contributed by atoms with Crippen molar-refractivity contribution >= 4 is 23.3 Å². The number of para-hydroxylation sites is 2. The zero-order valence-electron chi connectivity index (χ0n) is 12.2. The highest BCUT2D eigenvalue weighted by Crippen LogP contribution is 2.23. The summed E-state index contributed by atoms with van der Waals surface area (Å²) in [6.07, 6.45) is -0.0628. The Balaban J connectivity index is 1.99. The van der Waals surface area contributed by atoms with E-state index >= 15 is 0 Å². The van der Waals surface area contributed by atoms with Crippen LogP contribution in [0.1, 0.15) is 6.92 Å². The molecule has 0 saturated carbocycles. The molecule has 0 bridgehead atoms. The Morgan fingerprint density at radius 1 is 1.35 bits per heavy atom. The molecule has 0 spiro atoms. The minimum atomic E-state index is -1.17. The van der Waals surface area contributed by atoms with E-state index in [1.165, 1.54) is 31.2 Å². The number of benzene rings is 1. The van der Waals surface area contributed by atoms with Gasteiger partial charge in [0.2, 0.25) is 5.76 Å². The van der Waals surface area contributed by atoms with Crippen LogP contribution in [0.3, 0.4) is 0 Å². The van der Waals surface area contributed by atoms with Gasteiger partial charge in [0, 0.05) is 6.07 Å². The molecule has 9 nitrogen and oxygen atoms in total. The fourth-order valence-corrected chi connectivity index (χ4v) is 1.72. The van der Waals surface area contributed by atoms with Crippen LogP contribution in [0.4, 0.5) is 11.4 Å². The van der Waals surface area contributed by atoms with Gasteiger partial charge in [-0.3, -0.25) is 14.9 Å². The van der Waals surface area contributed by atoms with Gasteiger partial charge in [0.1, 0.15) is 25.2 Å². The summed E-state index contributed by atoms with van der Waals surface area (Å²) >= 11 is 0. The third kappa shape index (κ3) is 4.19. The van der Waals surface area contributed by atoms with Crippen molar-refractivity contribution in [2.75, 3.05) is 18.5 Å². The summed E-state index contributed by atoms with van der Waals surface area (Å²) in [7, 11) is 0. The van der Waals surface area contributed by atoms with Gasteiger partial charge in [0.25, 0.3) is 11.6 Å². The Morgan fingerprint density at radius 2 is 2.09 bits per heavy atom. The van der Waals surface area contributed by atoms with Crippen LogP contribution >= 0.6 is 0 Å². The number of hydrogen-bond donors (Lipinski definition) is 1. The second-order valence-electron chi connectivity index (χ2n) is 4.51. The Kier molecular flexibility index (Phi) is 5.13. The van der Waals surface area contributed by atoms with Crippen molar-refractivity contribution in [2.24, 2.45) is 0 Å². The van der Waals surface area contributed by atoms with E-state index in [9.17, 15) is 19.7 Å². The van der Waals surface area contributed by atoms with Crippen molar-refractivity contribution in [3.63, 3.8) is 0 Å². The van der Waals surface area contributed by atoms with Crippen LogP contribution in [0.15, 0.2) is 36.3 Å². The average Bonchev–Trinajstić information content (AvgIpc) is 2.55. The van der Waals surface area contributed by atoms with E-state index in [2.05, 4.69) is 5.32 Å². The van der Waals surface area contributed by atoms with Gasteiger partial charge in [-0.05, 0) is 13.0 Å². The lowest BCUT2D eigenvalue weighted by Gasteiger charge is -2.17. The second-order valence-corrected chi connectivity index (χ2v) is 4.51. The number of ether oxygens (including phenoxy) is 3. The number of rotatable bonds is 5. The van der Waals surface area contributed by atoms with Crippen LogP contribution in [0.5, 0.6) is 0 Å². The number of anilines is 1. The maximum Gasteiger partial charge on any atom is 0.377 e. The predicted molar refractivity (Wildman–Crippen MR) is 77.3 cm³/mol. The molecule has 1 aromatic rings. The van der Waals surface area contributed by atoms with Gasteiger partial charge < -0.3 is 19.5 Å². The standard InChI is InChI=1S/C14H14N2O7/c1-9(23-14(18)12-8-21-6-7-22-12)13(17)15-10-4-2-3-5-11(10)16(19)20/h2-5,8-9H,6-7H2,1H3,(H,15,17)/t9-/m0/s1. The molecule has 1 heterocycles. The lowest BCUT2D eigenvalue weighted by molar-refractivity contribution is -0.383. The molecule has 1 N–H and O–H groups in total. The van der Waals surface area contributed by atoms with Gasteiger partial charge in [0.05, 0.1) is 4.92 Å². The van der Waals surface area contributed by atoms with Crippen molar-refractivity contribution in [1.82, 2.24) is 0 Å². The van der Waals surface area contributed by atoms with Crippen LogP contribution in [0, 0.1) is 10.1 Å². The minimum absolute atomic E-state index is 0.0156. The van der Waals surface area contributed by atoms with Crippen molar-refractivity contribution in [1.29, 1.82) is 0 Å². The first kappa shape index (κ1) is 16.3. The van der Waals surface area contributed by atoms with Crippen LogP contribution in [-0.4, -0.2) is 36.1 Å². The fourth-order valence-electron chi connectivity index (χ4n) is 1.72. The molecule has 0 unspecified atom stereocenters. The summed E-state index contributed by atoms with van der Waals surface area (Å²) < 4.78 is 14.9. The highest BCUT2D eigenvalue weighted by Gasteiger charge is 2.24. The first-order chi connectivity index (χ1) is 11.0. The van der Waals surface area contributed by atoms with Crippen molar-refractivity contribution in [3.05, 3.63) is 46.4 Å². The van der Waals surface area contributed by atoms with Crippen LogP contribution < -0.4 is 5.32 Å². The quantitative estimate of drug-likeness (QED) is 0.494. The molecule has 0 saturated heterocycles. The molecular formula is C14H14N2O7. The molecule has 1 aliphatic heterocycles. The van der Waals surface area contributed by atoms with Crippen LogP contribution in [0.2, 0.25) is 0 Å². The van der Waals surface area contributed by atoms with Gasteiger partial charge in [-0.25, -0.2) is 4.79 Å². The maximum absolute atomic E-state index is 12.0. The number of nitrogens with one attached hydrogen (secondary N) is 1. The Morgan fingerprint density at radius 3 is 2.74 bits per heavy atom. The fraction of sp³-hybridized carbons (Fsp3) is 0.286. The molecule has 2 rings (SSSR count). The van der Waals surface area contributed by atoms with E-state index in [1.54, 1.807) is 0 Å². The summed E-state index contributed by atoms with van der Waals surface area (Å²) in [6.45, 7) is 1.87. The number of nitrogens with zero attached hydrogens (tertiary/aromatic N) is 1. The molecular weight excluding hydrogens is 308 g/mol. The lowest BCUT2D eigenvalue weighted by atomic mass is 10.2.